The summed E-state index contributed by atoms with van der Waals surface area (Å²) in [6.07, 6.45) is 49.8. The minimum Gasteiger partial charge on any atom is -0.481 e. The average Bonchev–Trinajstić information content (AvgIpc) is 2.99. The smallest absolute Gasteiger partial charge is 0.306 e. The van der Waals surface area contributed by atoms with Crippen LogP contribution in [0.1, 0.15) is 232 Å². The summed E-state index contributed by atoms with van der Waals surface area (Å²) >= 11 is 0. The molecule has 42 heavy (non-hydrogen) atoms. The lowest BCUT2D eigenvalue weighted by Crippen LogP contribution is -2.13. The molecule has 0 radical (unpaired) electrons. The van der Waals surface area contributed by atoms with Crippen molar-refractivity contribution in [3.63, 3.8) is 0 Å². The molecule has 0 rings (SSSR count). The minimum atomic E-state index is -0.557. The molecule has 0 aliphatic rings. The summed E-state index contributed by atoms with van der Waals surface area (Å²) in [5, 5.41) is 9.63. The first kappa shape index (κ1) is 41.2. The Balaban J connectivity index is 3.39. The van der Waals surface area contributed by atoms with E-state index in [1.165, 1.54) is 193 Å². The second-order valence-electron chi connectivity index (χ2n) is 13.6. The molecule has 0 heterocycles. The van der Waals surface area contributed by atoms with E-state index in [1.54, 1.807) is 0 Å². The van der Waals surface area contributed by atoms with Gasteiger partial charge in [-0.2, -0.15) is 0 Å². The van der Waals surface area contributed by atoms with Gasteiger partial charge in [-0.25, -0.2) is 0 Å². The van der Waals surface area contributed by atoms with Crippen molar-refractivity contribution in [3.8, 4) is 0 Å². The molecule has 0 aliphatic carbocycles. The largest absolute Gasteiger partial charge is 0.481 e. The van der Waals surface area contributed by atoms with Crippen LogP contribution < -0.4 is 0 Å². The average molecular weight is 591 g/mol. The number of aliphatic carboxylic acids is 1. The summed E-state index contributed by atoms with van der Waals surface area (Å²) in [6, 6.07) is 0. The van der Waals surface area contributed by atoms with Gasteiger partial charge in [-0.3, -0.25) is 4.79 Å². The van der Waals surface area contributed by atoms with Crippen molar-refractivity contribution in [1.82, 2.24) is 0 Å². The van der Waals surface area contributed by atoms with Crippen LogP contribution in [0.15, 0.2) is 12.2 Å². The first-order valence-electron chi connectivity index (χ1n) is 19.6. The van der Waals surface area contributed by atoms with Crippen molar-refractivity contribution in [2.75, 3.05) is 0 Å². The molecule has 0 amide bonds. The fourth-order valence-corrected chi connectivity index (χ4v) is 6.32. The van der Waals surface area contributed by atoms with Gasteiger partial charge in [0.1, 0.15) is 0 Å². The summed E-state index contributed by atoms with van der Waals surface area (Å²) in [7, 11) is 0. The maximum atomic E-state index is 11.7. The zero-order chi connectivity index (χ0) is 30.6. The van der Waals surface area contributed by atoms with Gasteiger partial charge < -0.3 is 5.11 Å². The van der Waals surface area contributed by atoms with Crippen LogP contribution >= 0.6 is 0 Å². The van der Waals surface area contributed by atoms with Crippen molar-refractivity contribution in [2.24, 2.45) is 5.92 Å². The number of rotatable bonds is 36. The maximum absolute atomic E-state index is 11.7. The van der Waals surface area contributed by atoms with Crippen molar-refractivity contribution in [2.45, 2.75) is 232 Å². The summed E-state index contributed by atoms with van der Waals surface area (Å²) in [6.45, 7) is 4.57. The second-order valence-corrected chi connectivity index (χ2v) is 13.6. The molecule has 0 aromatic heterocycles. The Hall–Kier alpha value is -0.790. The van der Waals surface area contributed by atoms with E-state index in [-0.39, 0.29) is 5.92 Å². The number of allylic oxidation sites excluding steroid dienone is 2. The van der Waals surface area contributed by atoms with Gasteiger partial charge in [0.25, 0.3) is 0 Å². The third kappa shape index (κ3) is 33.7. The van der Waals surface area contributed by atoms with Crippen LogP contribution in [0.3, 0.4) is 0 Å². The van der Waals surface area contributed by atoms with Crippen LogP contribution in [-0.4, -0.2) is 11.1 Å². The quantitative estimate of drug-likeness (QED) is 0.0582. The first-order valence-corrected chi connectivity index (χ1v) is 19.6. The summed E-state index contributed by atoms with van der Waals surface area (Å²) in [5.74, 6) is -0.661. The highest BCUT2D eigenvalue weighted by atomic mass is 16.4. The second kappa shape index (κ2) is 36.4. The molecular formula is C40H78O2. The van der Waals surface area contributed by atoms with Gasteiger partial charge in [0.2, 0.25) is 0 Å². The van der Waals surface area contributed by atoms with E-state index >= 15 is 0 Å². The molecule has 0 aromatic carbocycles. The van der Waals surface area contributed by atoms with Crippen LogP contribution in [0.5, 0.6) is 0 Å². The van der Waals surface area contributed by atoms with E-state index in [9.17, 15) is 9.90 Å². The van der Waals surface area contributed by atoms with Gasteiger partial charge in [0.05, 0.1) is 5.92 Å². The van der Waals surface area contributed by atoms with Crippen LogP contribution in [0, 0.1) is 5.92 Å². The lowest BCUT2D eigenvalue weighted by Gasteiger charge is -2.12. The lowest BCUT2D eigenvalue weighted by atomic mass is 9.94. The highest BCUT2D eigenvalue weighted by molar-refractivity contribution is 5.69. The molecule has 0 fully saturated rings. The summed E-state index contributed by atoms with van der Waals surface area (Å²) in [4.78, 5) is 11.7. The summed E-state index contributed by atoms with van der Waals surface area (Å²) < 4.78 is 0. The Morgan fingerprint density at radius 2 is 0.643 bits per heavy atom. The predicted octanol–water partition coefficient (Wildman–Crippen LogP) is 14.5. The fraction of sp³-hybridized carbons (Fsp3) is 0.925. The number of unbranched alkanes of at least 4 members (excludes halogenated alkanes) is 29. The third-order valence-electron chi connectivity index (χ3n) is 9.32. The molecule has 0 saturated heterocycles. The van der Waals surface area contributed by atoms with Crippen LogP contribution in [0.25, 0.3) is 0 Å². The number of carboxylic acids is 1. The SMILES string of the molecule is CCCCCCCCC=CCCCCCCCCCCCCC(CCCCCCCCCCCCCCCC)C(=O)O. The molecule has 250 valence electrons. The monoisotopic (exact) mass is 591 g/mol. The Kier molecular flexibility index (Phi) is 35.7. The van der Waals surface area contributed by atoms with Crippen LogP contribution in [0.2, 0.25) is 0 Å². The third-order valence-corrected chi connectivity index (χ3v) is 9.32. The summed E-state index contributed by atoms with van der Waals surface area (Å²) in [5.41, 5.74) is 0. The number of hydrogen-bond donors (Lipinski definition) is 1. The highest BCUT2D eigenvalue weighted by Gasteiger charge is 2.16. The fourth-order valence-electron chi connectivity index (χ4n) is 6.32. The topological polar surface area (TPSA) is 37.3 Å². The Morgan fingerprint density at radius 1 is 0.405 bits per heavy atom. The van der Waals surface area contributed by atoms with Crippen molar-refractivity contribution < 1.29 is 9.90 Å². The van der Waals surface area contributed by atoms with Crippen molar-refractivity contribution >= 4 is 5.97 Å². The molecule has 0 bridgehead atoms. The van der Waals surface area contributed by atoms with Crippen LogP contribution in [0.4, 0.5) is 0 Å². The molecule has 1 unspecified atom stereocenters. The van der Waals surface area contributed by atoms with E-state index in [2.05, 4.69) is 26.0 Å². The zero-order valence-electron chi connectivity index (χ0n) is 29.1. The van der Waals surface area contributed by atoms with Gasteiger partial charge in [-0.05, 0) is 38.5 Å². The molecule has 2 heteroatoms. The maximum Gasteiger partial charge on any atom is 0.306 e. The molecular weight excluding hydrogens is 512 g/mol. The molecule has 0 saturated carbocycles. The standard InChI is InChI=1S/C40H78O2/c1-3-5-7-9-11-13-15-17-19-20-21-22-23-24-26-28-30-32-34-36-38-39(40(41)42)37-35-33-31-29-27-25-18-16-14-12-10-8-6-4-2/h17,19,39H,3-16,18,20-38H2,1-2H3,(H,41,42). The molecule has 1 atom stereocenters. The number of hydrogen-bond acceptors (Lipinski definition) is 1. The predicted molar refractivity (Wildman–Crippen MR) is 189 cm³/mol. The molecule has 0 aliphatic heterocycles. The van der Waals surface area contributed by atoms with E-state index in [1.807, 2.05) is 0 Å². The van der Waals surface area contributed by atoms with E-state index in [4.69, 9.17) is 0 Å². The zero-order valence-corrected chi connectivity index (χ0v) is 29.1. The Bertz CT molecular complexity index is 540. The Morgan fingerprint density at radius 3 is 0.905 bits per heavy atom. The molecule has 1 N–H and O–H groups in total. The normalized spacial score (nSPS) is 12.4. The van der Waals surface area contributed by atoms with Gasteiger partial charge >= 0.3 is 5.97 Å². The van der Waals surface area contributed by atoms with E-state index in [0.717, 1.165) is 25.7 Å². The van der Waals surface area contributed by atoms with Crippen molar-refractivity contribution in [1.29, 1.82) is 0 Å². The minimum absolute atomic E-state index is 0.104. The lowest BCUT2D eigenvalue weighted by molar-refractivity contribution is -0.142. The van der Waals surface area contributed by atoms with Crippen LogP contribution in [-0.2, 0) is 4.79 Å². The molecule has 0 spiro atoms. The first-order chi connectivity index (χ1) is 20.7. The van der Waals surface area contributed by atoms with Crippen molar-refractivity contribution in [3.05, 3.63) is 12.2 Å². The number of carbonyl (C=O) groups is 1. The molecule has 2 nitrogen and oxygen atoms in total. The van der Waals surface area contributed by atoms with Gasteiger partial charge in [-0.15, -0.1) is 0 Å². The highest BCUT2D eigenvalue weighted by Crippen LogP contribution is 2.20. The van der Waals surface area contributed by atoms with E-state index in [0.29, 0.717) is 0 Å². The van der Waals surface area contributed by atoms with Gasteiger partial charge in [0, 0.05) is 0 Å². The molecule has 0 aromatic rings. The Labute approximate surface area is 265 Å². The number of carboxylic acid groups (broad SMARTS) is 1. The van der Waals surface area contributed by atoms with E-state index < -0.39 is 5.97 Å². The van der Waals surface area contributed by atoms with Gasteiger partial charge in [0.15, 0.2) is 0 Å². The van der Waals surface area contributed by atoms with Gasteiger partial charge in [-0.1, -0.05) is 206 Å².